The molecule has 1 fully saturated rings. The Balaban J connectivity index is 1.33. The fraction of sp³-hybridized carbons (Fsp3) is 0.241. The second-order valence-electron chi connectivity index (χ2n) is 8.99. The van der Waals surface area contributed by atoms with Gasteiger partial charge in [-0.15, -0.1) is 0 Å². The van der Waals surface area contributed by atoms with Gasteiger partial charge in [0.2, 0.25) is 0 Å². The Morgan fingerprint density at radius 1 is 0.714 bits per heavy atom. The Morgan fingerprint density at radius 3 is 1.91 bits per heavy atom. The lowest BCUT2D eigenvalue weighted by Crippen LogP contribution is -3.13. The van der Waals surface area contributed by atoms with E-state index < -0.39 is 0 Å². The first-order valence-corrected chi connectivity index (χ1v) is 13.0. The van der Waals surface area contributed by atoms with E-state index in [1.807, 2.05) is 66.7 Å². The van der Waals surface area contributed by atoms with Gasteiger partial charge in [-0.3, -0.25) is 14.5 Å². The second kappa shape index (κ2) is 10.9. The zero-order chi connectivity index (χ0) is 24.0. The topological polar surface area (TPSA) is 45.1 Å². The van der Waals surface area contributed by atoms with Crippen LogP contribution >= 0.6 is 11.8 Å². The molecule has 3 aromatic carbocycles. The van der Waals surface area contributed by atoms with Crippen molar-refractivity contribution in [3.63, 3.8) is 0 Å². The van der Waals surface area contributed by atoms with Crippen molar-refractivity contribution in [3.05, 3.63) is 113 Å². The molecule has 5 nitrogen and oxygen atoms in total. The van der Waals surface area contributed by atoms with Crippen LogP contribution in [0.4, 0.5) is 0 Å². The third-order valence-corrected chi connectivity index (χ3v) is 7.70. The number of carbonyl (C=O) groups excluding carboxylic acids is 2. The molecule has 0 unspecified atom stereocenters. The summed E-state index contributed by atoms with van der Waals surface area (Å²) >= 11 is 1.41. The number of imide groups is 1. The first-order valence-electron chi connectivity index (χ1n) is 12.2. The fourth-order valence-electron chi connectivity index (χ4n) is 4.71. The lowest BCUT2D eigenvalue weighted by atomic mass is 10.1. The Labute approximate surface area is 211 Å². The third kappa shape index (κ3) is 5.50. The average molecular weight is 485 g/mol. The van der Waals surface area contributed by atoms with E-state index in [-0.39, 0.29) is 11.8 Å². The van der Waals surface area contributed by atoms with Gasteiger partial charge in [-0.2, -0.15) is 0 Å². The molecule has 0 spiro atoms. The lowest BCUT2D eigenvalue weighted by Gasteiger charge is -2.34. The molecule has 0 atom stereocenters. The summed E-state index contributed by atoms with van der Waals surface area (Å²) in [5, 5.41) is 0. The van der Waals surface area contributed by atoms with Crippen molar-refractivity contribution in [2.45, 2.75) is 17.9 Å². The second-order valence-corrected chi connectivity index (χ2v) is 10.1. The highest BCUT2D eigenvalue weighted by molar-refractivity contribution is 8.04. The van der Waals surface area contributed by atoms with Crippen molar-refractivity contribution in [3.8, 4) is 0 Å². The third-order valence-electron chi connectivity index (χ3n) is 6.62. The van der Waals surface area contributed by atoms with Crippen LogP contribution in [-0.2, 0) is 22.6 Å². The quantitative estimate of drug-likeness (QED) is 0.500. The molecular formula is C29H30N3O2S+. The van der Waals surface area contributed by atoms with E-state index in [2.05, 4.69) is 29.2 Å². The maximum atomic E-state index is 13.6. The fourth-order valence-corrected chi connectivity index (χ4v) is 5.75. The van der Waals surface area contributed by atoms with E-state index in [0.29, 0.717) is 23.6 Å². The molecule has 5 rings (SSSR count). The summed E-state index contributed by atoms with van der Waals surface area (Å²) in [6.45, 7) is 4.78. The Bertz CT molecular complexity index is 1190. The number of benzene rings is 3. The highest BCUT2D eigenvalue weighted by atomic mass is 32.2. The van der Waals surface area contributed by atoms with Crippen molar-refractivity contribution in [1.82, 2.24) is 9.80 Å². The zero-order valence-corrected chi connectivity index (χ0v) is 20.5. The minimum Gasteiger partial charge on any atom is -0.355 e. The number of quaternary nitrogens is 1. The molecule has 178 valence electrons. The maximum Gasteiger partial charge on any atom is 0.278 e. The van der Waals surface area contributed by atoms with E-state index in [0.717, 1.165) is 43.2 Å². The van der Waals surface area contributed by atoms with Crippen molar-refractivity contribution in [1.29, 1.82) is 0 Å². The molecule has 0 aliphatic carbocycles. The molecule has 2 heterocycles. The minimum absolute atomic E-state index is 0.157. The maximum absolute atomic E-state index is 13.6. The van der Waals surface area contributed by atoms with Crippen LogP contribution in [0.5, 0.6) is 0 Å². The van der Waals surface area contributed by atoms with Crippen molar-refractivity contribution in [2.75, 3.05) is 32.7 Å². The zero-order valence-electron chi connectivity index (χ0n) is 19.7. The number of hydrogen-bond acceptors (Lipinski definition) is 4. The van der Waals surface area contributed by atoms with Crippen molar-refractivity contribution < 1.29 is 14.5 Å². The highest BCUT2D eigenvalue weighted by Crippen LogP contribution is 2.36. The van der Waals surface area contributed by atoms with Gasteiger partial charge in [-0.25, -0.2) is 0 Å². The van der Waals surface area contributed by atoms with Gasteiger partial charge in [0.25, 0.3) is 11.8 Å². The van der Waals surface area contributed by atoms with Crippen LogP contribution in [0.2, 0.25) is 0 Å². The van der Waals surface area contributed by atoms with Crippen LogP contribution in [-0.4, -0.2) is 54.3 Å². The summed E-state index contributed by atoms with van der Waals surface area (Å²) in [6.07, 6.45) is 0.657. The molecular weight excluding hydrogens is 454 g/mol. The first-order chi connectivity index (χ1) is 17.2. The molecule has 0 saturated carbocycles. The smallest absolute Gasteiger partial charge is 0.278 e. The van der Waals surface area contributed by atoms with E-state index in [9.17, 15) is 9.59 Å². The number of nitrogens with zero attached hydrogens (tertiary/aromatic N) is 2. The summed E-state index contributed by atoms with van der Waals surface area (Å²) in [6, 6.07) is 30.4. The van der Waals surface area contributed by atoms with Gasteiger partial charge in [0.15, 0.2) is 0 Å². The molecule has 0 aromatic heterocycles. The van der Waals surface area contributed by atoms with E-state index in [1.54, 1.807) is 0 Å². The summed E-state index contributed by atoms with van der Waals surface area (Å²) < 4.78 is 0. The SMILES string of the molecule is O=C1C(Sc2ccccc2)=C(N2CC[NH+](Cc3ccccc3)CC2)C(=O)N1CCc1ccccc1. The van der Waals surface area contributed by atoms with Gasteiger partial charge < -0.3 is 9.80 Å². The lowest BCUT2D eigenvalue weighted by molar-refractivity contribution is -0.917. The van der Waals surface area contributed by atoms with E-state index in [1.165, 1.54) is 27.1 Å². The Kier molecular flexibility index (Phi) is 7.31. The Hall–Kier alpha value is -3.35. The van der Waals surface area contributed by atoms with Gasteiger partial charge in [-0.1, -0.05) is 90.6 Å². The number of rotatable bonds is 8. The predicted octanol–water partition coefficient (Wildman–Crippen LogP) is 3.00. The van der Waals surface area contributed by atoms with Crippen LogP contribution in [0.15, 0.2) is 106 Å². The average Bonchev–Trinajstić information content (AvgIpc) is 3.13. The summed E-state index contributed by atoms with van der Waals surface area (Å²) in [5.41, 5.74) is 3.03. The summed E-state index contributed by atoms with van der Waals surface area (Å²) in [7, 11) is 0. The molecule has 3 aromatic rings. The van der Waals surface area contributed by atoms with Gasteiger partial charge in [0.1, 0.15) is 17.1 Å². The number of piperazine rings is 1. The molecule has 2 aliphatic rings. The normalized spacial score (nSPS) is 16.9. The van der Waals surface area contributed by atoms with Gasteiger partial charge >= 0.3 is 0 Å². The standard InChI is InChI=1S/C29H29N3O2S/c33-28-26(31-20-18-30(19-21-31)22-24-12-6-2-7-13-24)27(35-25-14-8-3-9-15-25)29(34)32(28)17-16-23-10-4-1-5-11-23/h1-15H,16-22H2/p+1. The van der Waals surface area contributed by atoms with Crippen LogP contribution in [0, 0.1) is 0 Å². The largest absolute Gasteiger partial charge is 0.355 e. The van der Waals surface area contributed by atoms with E-state index in [4.69, 9.17) is 0 Å². The molecule has 2 amide bonds. The number of thioether (sulfide) groups is 1. The first kappa shape index (κ1) is 23.4. The monoisotopic (exact) mass is 484 g/mol. The number of nitrogens with one attached hydrogen (secondary N) is 1. The molecule has 1 N–H and O–H groups in total. The van der Waals surface area contributed by atoms with Gasteiger partial charge in [-0.05, 0) is 24.1 Å². The van der Waals surface area contributed by atoms with Crippen LogP contribution < -0.4 is 4.90 Å². The van der Waals surface area contributed by atoms with Crippen LogP contribution in [0.25, 0.3) is 0 Å². The number of hydrogen-bond donors (Lipinski definition) is 1. The highest BCUT2D eigenvalue weighted by Gasteiger charge is 2.42. The van der Waals surface area contributed by atoms with Gasteiger partial charge in [0.05, 0.1) is 26.2 Å². The number of amides is 2. The molecule has 0 bridgehead atoms. The molecule has 6 heteroatoms. The molecule has 35 heavy (non-hydrogen) atoms. The van der Waals surface area contributed by atoms with Crippen molar-refractivity contribution >= 4 is 23.6 Å². The van der Waals surface area contributed by atoms with Crippen molar-refractivity contribution in [2.24, 2.45) is 0 Å². The predicted molar refractivity (Wildman–Crippen MR) is 139 cm³/mol. The number of carbonyl (C=O) groups is 2. The summed E-state index contributed by atoms with van der Waals surface area (Å²) in [4.78, 5) is 33.7. The van der Waals surface area contributed by atoms with Crippen LogP contribution in [0.3, 0.4) is 0 Å². The summed E-state index contributed by atoms with van der Waals surface area (Å²) in [5.74, 6) is -0.329. The molecule has 0 radical (unpaired) electrons. The molecule has 1 saturated heterocycles. The molecule has 2 aliphatic heterocycles. The Morgan fingerprint density at radius 2 is 1.29 bits per heavy atom. The van der Waals surface area contributed by atoms with Crippen LogP contribution in [0.1, 0.15) is 11.1 Å². The van der Waals surface area contributed by atoms with Gasteiger partial charge in [0, 0.05) is 17.0 Å². The van der Waals surface area contributed by atoms with E-state index >= 15 is 0 Å². The minimum atomic E-state index is -0.172.